The summed E-state index contributed by atoms with van der Waals surface area (Å²) in [6.07, 6.45) is 1.95. The Bertz CT molecular complexity index is 758. The fourth-order valence-corrected chi connectivity index (χ4v) is 2.68. The van der Waals surface area contributed by atoms with Crippen molar-refractivity contribution in [2.45, 2.75) is 4.90 Å². The summed E-state index contributed by atoms with van der Waals surface area (Å²) in [6, 6.07) is 10.9. The second-order valence-corrected chi connectivity index (χ2v) is 4.77. The average Bonchev–Trinajstić information content (AvgIpc) is 2.76. The Hall–Kier alpha value is -1.94. The molecule has 3 rings (SSSR count). The molecule has 0 amide bonds. The van der Waals surface area contributed by atoms with Gasteiger partial charge in [-0.15, -0.1) is 11.8 Å². The average molecular weight is 258 g/mol. The van der Waals surface area contributed by atoms with Crippen LogP contribution < -0.4 is 0 Å². The molecule has 0 saturated heterocycles. The third kappa shape index (κ3) is 1.49. The van der Waals surface area contributed by atoms with Gasteiger partial charge in [0.15, 0.2) is 0 Å². The van der Waals surface area contributed by atoms with Gasteiger partial charge >= 0.3 is 5.97 Å². The van der Waals surface area contributed by atoms with E-state index in [0.717, 1.165) is 15.9 Å². The van der Waals surface area contributed by atoms with E-state index in [0.29, 0.717) is 11.0 Å². The molecule has 0 unspecified atom stereocenters. The second kappa shape index (κ2) is 4.07. The van der Waals surface area contributed by atoms with Gasteiger partial charge in [0.25, 0.3) is 0 Å². The normalized spacial score (nSPS) is 11.2. The van der Waals surface area contributed by atoms with Crippen LogP contribution in [0, 0.1) is 0 Å². The van der Waals surface area contributed by atoms with Crippen LogP contribution in [0.4, 0.5) is 0 Å². The van der Waals surface area contributed by atoms with Gasteiger partial charge in [-0.2, -0.15) is 0 Å². The molecule has 0 aliphatic carbocycles. The van der Waals surface area contributed by atoms with Crippen LogP contribution >= 0.6 is 11.8 Å². The van der Waals surface area contributed by atoms with Crippen LogP contribution in [-0.2, 0) is 0 Å². The molecule has 0 radical (unpaired) electrons. The zero-order chi connectivity index (χ0) is 12.7. The second-order valence-electron chi connectivity index (χ2n) is 3.92. The molecule has 0 saturated carbocycles. The van der Waals surface area contributed by atoms with Crippen molar-refractivity contribution in [3.05, 3.63) is 42.0 Å². The number of rotatable bonds is 2. The number of para-hydroxylation sites is 1. The lowest BCUT2D eigenvalue weighted by atomic mass is 10.1. The van der Waals surface area contributed by atoms with E-state index in [1.54, 1.807) is 23.9 Å². The molecule has 0 atom stereocenters. The molecule has 0 aliphatic heterocycles. The Morgan fingerprint density at radius 2 is 2.00 bits per heavy atom. The number of hydrogen-bond donors (Lipinski definition) is 1. The molecule has 0 spiro atoms. The Kier molecular flexibility index (Phi) is 2.52. The summed E-state index contributed by atoms with van der Waals surface area (Å²) in [7, 11) is 0. The first-order chi connectivity index (χ1) is 8.72. The van der Waals surface area contributed by atoms with Crippen molar-refractivity contribution in [1.29, 1.82) is 0 Å². The van der Waals surface area contributed by atoms with Crippen LogP contribution in [-0.4, -0.2) is 17.3 Å². The number of carbonyl (C=O) groups is 1. The molecule has 1 aromatic heterocycles. The number of thioether (sulfide) groups is 1. The molecule has 3 aromatic rings. The highest BCUT2D eigenvalue weighted by molar-refractivity contribution is 7.98. The van der Waals surface area contributed by atoms with E-state index in [4.69, 9.17) is 4.42 Å². The van der Waals surface area contributed by atoms with Gasteiger partial charge in [0.1, 0.15) is 11.2 Å². The maximum atomic E-state index is 11.3. The fraction of sp³-hybridized carbons (Fsp3) is 0.0714. The van der Waals surface area contributed by atoms with E-state index in [9.17, 15) is 9.90 Å². The van der Waals surface area contributed by atoms with E-state index in [1.807, 2.05) is 30.5 Å². The van der Waals surface area contributed by atoms with Crippen LogP contribution in [0.15, 0.2) is 45.7 Å². The number of aromatic carboxylic acids is 1. The number of carboxylic acids is 1. The summed E-state index contributed by atoms with van der Waals surface area (Å²) in [5, 5.41) is 10.8. The Balaban J connectivity index is 2.56. The minimum atomic E-state index is -0.931. The van der Waals surface area contributed by atoms with Crippen LogP contribution in [0.2, 0.25) is 0 Å². The van der Waals surface area contributed by atoms with Crippen LogP contribution in [0.25, 0.3) is 21.9 Å². The molecule has 90 valence electrons. The predicted molar refractivity (Wildman–Crippen MR) is 72.5 cm³/mol. The summed E-state index contributed by atoms with van der Waals surface area (Å²) < 4.78 is 5.78. The van der Waals surface area contributed by atoms with Crippen LogP contribution in [0.1, 0.15) is 10.4 Å². The predicted octanol–water partition coefficient (Wildman–Crippen LogP) is 4.01. The highest BCUT2D eigenvalue weighted by Crippen LogP contribution is 2.36. The van der Waals surface area contributed by atoms with Gasteiger partial charge in [0.05, 0.1) is 10.5 Å². The fourth-order valence-electron chi connectivity index (χ4n) is 2.14. The highest BCUT2D eigenvalue weighted by Gasteiger charge is 2.17. The van der Waals surface area contributed by atoms with E-state index >= 15 is 0 Å². The Morgan fingerprint density at radius 1 is 1.22 bits per heavy atom. The zero-order valence-corrected chi connectivity index (χ0v) is 10.5. The first-order valence-corrected chi connectivity index (χ1v) is 6.66. The standard InChI is InChI=1S/C14H10O3S/c1-18-11-7-6-9(14(15)16)12-8-4-2-3-5-10(8)17-13(11)12/h2-7H,1H3,(H,15,16). The molecule has 0 aliphatic rings. The first kappa shape index (κ1) is 11.2. The highest BCUT2D eigenvalue weighted by atomic mass is 32.2. The summed E-state index contributed by atoms with van der Waals surface area (Å²) in [5.41, 5.74) is 1.66. The van der Waals surface area contributed by atoms with E-state index in [2.05, 4.69) is 0 Å². The van der Waals surface area contributed by atoms with E-state index in [1.165, 1.54) is 0 Å². The molecule has 0 fully saturated rings. The van der Waals surface area contributed by atoms with Crippen LogP contribution in [0.3, 0.4) is 0 Å². The Morgan fingerprint density at radius 3 is 2.72 bits per heavy atom. The summed E-state index contributed by atoms with van der Waals surface area (Å²) in [5.74, 6) is -0.931. The number of benzene rings is 2. The molecule has 0 bridgehead atoms. The van der Waals surface area contributed by atoms with Gasteiger partial charge in [-0.05, 0) is 24.5 Å². The van der Waals surface area contributed by atoms with Gasteiger partial charge in [0, 0.05) is 10.8 Å². The van der Waals surface area contributed by atoms with Gasteiger partial charge in [-0.25, -0.2) is 4.79 Å². The number of furan rings is 1. The molecule has 3 nitrogen and oxygen atoms in total. The zero-order valence-electron chi connectivity index (χ0n) is 9.64. The van der Waals surface area contributed by atoms with E-state index < -0.39 is 5.97 Å². The third-order valence-electron chi connectivity index (χ3n) is 2.94. The number of hydrogen-bond acceptors (Lipinski definition) is 3. The van der Waals surface area contributed by atoms with Gasteiger partial charge in [-0.1, -0.05) is 18.2 Å². The molecular formula is C14H10O3S. The summed E-state index contributed by atoms with van der Waals surface area (Å²) in [6.45, 7) is 0. The maximum Gasteiger partial charge on any atom is 0.336 e. The lowest BCUT2D eigenvalue weighted by Crippen LogP contribution is -1.96. The van der Waals surface area contributed by atoms with Crippen molar-refractivity contribution in [3.8, 4) is 0 Å². The number of carboxylic acid groups (broad SMARTS) is 1. The smallest absolute Gasteiger partial charge is 0.336 e. The SMILES string of the molecule is CSc1ccc(C(=O)O)c2c1oc1ccccc12. The third-order valence-corrected chi connectivity index (χ3v) is 3.70. The molecule has 2 aromatic carbocycles. The quantitative estimate of drug-likeness (QED) is 0.706. The van der Waals surface area contributed by atoms with Gasteiger partial charge < -0.3 is 9.52 Å². The molecule has 1 N–H and O–H groups in total. The van der Waals surface area contributed by atoms with Crippen molar-refractivity contribution >= 4 is 39.7 Å². The van der Waals surface area contributed by atoms with Crippen molar-refractivity contribution in [3.63, 3.8) is 0 Å². The van der Waals surface area contributed by atoms with Crippen molar-refractivity contribution < 1.29 is 14.3 Å². The van der Waals surface area contributed by atoms with Crippen molar-refractivity contribution in [1.82, 2.24) is 0 Å². The van der Waals surface area contributed by atoms with Crippen molar-refractivity contribution in [2.75, 3.05) is 6.26 Å². The topological polar surface area (TPSA) is 50.4 Å². The maximum absolute atomic E-state index is 11.3. The minimum Gasteiger partial charge on any atom is -0.478 e. The molecule has 18 heavy (non-hydrogen) atoms. The van der Waals surface area contributed by atoms with Crippen LogP contribution in [0.5, 0.6) is 0 Å². The molecule has 1 heterocycles. The summed E-state index contributed by atoms with van der Waals surface area (Å²) >= 11 is 1.55. The monoisotopic (exact) mass is 258 g/mol. The van der Waals surface area contributed by atoms with Crippen molar-refractivity contribution in [2.24, 2.45) is 0 Å². The number of fused-ring (bicyclic) bond motifs is 3. The molecule has 4 heteroatoms. The minimum absolute atomic E-state index is 0.285. The summed E-state index contributed by atoms with van der Waals surface area (Å²) in [4.78, 5) is 12.3. The lowest BCUT2D eigenvalue weighted by molar-refractivity contribution is 0.0699. The molecular weight excluding hydrogens is 248 g/mol. The van der Waals surface area contributed by atoms with E-state index in [-0.39, 0.29) is 5.56 Å². The van der Waals surface area contributed by atoms with Gasteiger partial charge in [0.2, 0.25) is 0 Å². The lowest BCUT2D eigenvalue weighted by Gasteiger charge is -2.01. The largest absolute Gasteiger partial charge is 0.478 e. The van der Waals surface area contributed by atoms with Gasteiger partial charge in [-0.3, -0.25) is 0 Å². The first-order valence-electron chi connectivity index (χ1n) is 5.44. The Labute approximate surface area is 107 Å².